The zero-order valence-electron chi connectivity index (χ0n) is 8.26. The predicted molar refractivity (Wildman–Crippen MR) is 62.4 cm³/mol. The van der Waals surface area contributed by atoms with E-state index in [0.29, 0.717) is 22.2 Å². The quantitative estimate of drug-likeness (QED) is 0.859. The topological polar surface area (TPSA) is 55.1 Å². The lowest BCUT2D eigenvalue weighted by Gasteiger charge is -2.11. The number of halogens is 2. The number of carbonyl (C=O) groups is 1. The Hall–Kier alpha value is -0.770. The molecule has 0 radical (unpaired) electrons. The summed E-state index contributed by atoms with van der Waals surface area (Å²) in [5, 5.41) is 3.60. The highest BCUT2D eigenvalue weighted by Crippen LogP contribution is 2.18. The van der Waals surface area contributed by atoms with E-state index in [-0.39, 0.29) is 11.9 Å². The van der Waals surface area contributed by atoms with E-state index in [1.807, 2.05) is 6.92 Å². The molecule has 0 aromatic heterocycles. The van der Waals surface area contributed by atoms with E-state index in [2.05, 4.69) is 5.32 Å². The molecule has 0 spiro atoms. The van der Waals surface area contributed by atoms with Crippen molar-refractivity contribution in [3.05, 3.63) is 33.8 Å². The van der Waals surface area contributed by atoms with Crippen LogP contribution in [0.3, 0.4) is 0 Å². The Morgan fingerprint density at radius 3 is 2.40 bits per heavy atom. The summed E-state index contributed by atoms with van der Waals surface area (Å²) in [7, 11) is 0. The summed E-state index contributed by atoms with van der Waals surface area (Å²) in [6, 6.07) is 4.62. The highest BCUT2D eigenvalue weighted by atomic mass is 35.5. The maximum absolute atomic E-state index is 11.6. The van der Waals surface area contributed by atoms with E-state index < -0.39 is 0 Å². The first-order chi connectivity index (χ1) is 7.02. The fourth-order valence-corrected chi connectivity index (χ4v) is 1.58. The SMILES string of the molecule is CC(CN)NC(=O)c1cc(Cl)cc(Cl)c1. The van der Waals surface area contributed by atoms with Crippen LogP contribution in [-0.2, 0) is 0 Å². The van der Waals surface area contributed by atoms with Gasteiger partial charge >= 0.3 is 0 Å². The van der Waals surface area contributed by atoms with Crippen LogP contribution in [0.1, 0.15) is 17.3 Å². The zero-order valence-corrected chi connectivity index (χ0v) is 9.77. The number of nitrogens with two attached hydrogens (primary N) is 1. The first-order valence-electron chi connectivity index (χ1n) is 4.50. The molecule has 1 unspecified atom stereocenters. The van der Waals surface area contributed by atoms with Crippen LogP contribution in [0.25, 0.3) is 0 Å². The second-order valence-electron chi connectivity index (χ2n) is 3.27. The third-order valence-corrected chi connectivity index (χ3v) is 2.29. The van der Waals surface area contributed by atoms with Gasteiger partial charge in [-0.25, -0.2) is 0 Å². The molecule has 1 rings (SSSR count). The molecule has 0 aliphatic carbocycles. The molecule has 0 saturated heterocycles. The van der Waals surface area contributed by atoms with Crippen LogP contribution in [0.2, 0.25) is 10.0 Å². The summed E-state index contributed by atoms with van der Waals surface area (Å²) in [6.07, 6.45) is 0. The van der Waals surface area contributed by atoms with Gasteiger partial charge in [0, 0.05) is 28.2 Å². The third kappa shape index (κ3) is 3.70. The minimum absolute atomic E-state index is 0.0738. The molecule has 0 aliphatic rings. The number of hydrogen-bond donors (Lipinski definition) is 2. The molecule has 0 heterocycles. The molecular formula is C10H12Cl2N2O. The van der Waals surface area contributed by atoms with Gasteiger partial charge in [-0.05, 0) is 25.1 Å². The zero-order chi connectivity index (χ0) is 11.4. The standard InChI is InChI=1S/C10H12Cl2N2O/c1-6(5-13)14-10(15)7-2-8(11)4-9(12)3-7/h2-4,6H,5,13H2,1H3,(H,14,15). The first kappa shape index (κ1) is 12.3. The van der Waals surface area contributed by atoms with Gasteiger partial charge in [-0.3, -0.25) is 4.79 Å². The Bertz CT molecular complexity index is 348. The van der Waals surface area contributed by atoms with Gasteiger partial charge in [-0.15, -0.1) is 0 Å². The van der Waals surface area contributed by atoms with Crippen LogP contribution < -0.4 is 11.1 Å². The molecule has 82 valence electrons. The van der Waals surface area contributed by atoms with Gasteiger partial charge in [-0.1, -0.05) is 23.2 Å². The predicted octanol–water partition coefficient (Wildman–Crippen LogP) is 2.07. The maximum Gasteiger partial charge on any atom is 0.251 e. The van der Waals surface area contributed by atoms with Crippen molar-refractivity contribution in [1.29, 1.82) is 0 Å². The molecule has 0 aliphatic heterocycles. The largest absolute Gasteiger partial charge is 0.348 e. The van der Waals surface area contributed by atoms with Crippen LogP contribution in [-0.4, -0.2) is 18.5 Å². The molecule has 1 amide bonds. The Balaban J connectivity index is 2.82. The van der Waals surface area contributed by atoms with Gasteiger partial charge in [0.15, 0.2) is 0 Å². The number of carbonyl (C=O) groups excluding carboxylic acids is 1. The van der Waals surface area contributed by atoms with Crippen LogP contribution in [0.5, 0.6) is 0 Å². The fraction of sp³-hybridized carbons (Fsp3) is 0.300. The smallest absolute Gasteiger partial charge is 0.251 e. The molecule has 1 atom stereocenters. The van der Waals surface area contributed by atoms with Crippen molar-refractivity contribution in [2.45, 2.75) is 13.0 Å². The maximum atomic E-state index is 11.6. The molecule has 5 heteroatoms. The van der Waals surface area contributed by atoms with Crippen molar-refractivity contribution >= 4 is 29.1 Å². The summed E-state index contributed by atoms with van der Waals surface area (Å²) in [4.78, 5) is 11.6. The van der Waals surface area contributed by atoms with Crippen LogP contribution in [0.15, 0.2) is 18.2 Å². The number of hydrogen-bond acceptors (Lipinski definition) is 2. The minimum atomic E-state index is -0.225. The van der Waals surface area contributed by atoms with Gasteiger partial charge in [0.1, 0.15) is 0 Å². The minimum Gasteiger partial charge on any atom is -0.348 e. The van der Waals surface area contributed by atoms with Gasteiger partial charge in [-0.2, -0.15) is 0 Å². The molecule has 15 heavy (non-hydrogen) atoms. The van der Waals surface area contributed by atoms with E-state index in [1.165, 1.54) is 0 Å². The first-order valence-corrected chi connectivity index (χ1v) is 5.25. The van der Waals surface area contributed by atoms with Crippen molar-refractivity contribution in [1.82, 2.24) is 5.32 Å². The lowest BCUT2D eigenvalue weighted by Crippen LogP contribution is -2.37. The summed E-state index contributed by atoms with van der Waals surface area (Å²) in [5.41, 5.74) is 5.83. The molecule has 3 nitrogen and oxygen atoms in total. The summed E-state index contributed by atoms with van der Waals surface area (Å²) < 4.78 is 0. The van der Waals surface area contributed by atoms with Gasteiger partial charge < -0.3 is 11.1 Å². The Kier molecular flexibility index (Phi) is 4.39. The lowest BCUT2D eigenvalue weighted by molar-refractivity contribution is 0.0941. The fourth-order valence-electron chi connectivity index (χ4n) is 1.05. The third-order valence-electron chi connectivity index (χ3n) is 1.86. The molecular weight excluding hydrogens is 235 g/mol. The average molecular weight is 247 g/mol. The number of nitrogens with one attached hydrogen (secondary N) is 1. The molecule has 1 aromatic carbocycles. The number of benzene rings is 1. The second-order valence-corrected chi connectivity index (χ2v) is 4.14. The van der Waals surface area contributed by atoms with Crippen molar-refractivity contribution in [3.8, 4) is 0 Å². The number of amides is 1. The van der Waals surface area contributed by atoms with Gasteiger partial charge in [0.2, 0.25) is 0 Å². The Morgan fingerprint density at radius 2 is 1.93 bits per heavy atom. The molecule has 3 N–H and O–H groups in total. The average Bonchev–Trinajstić information content (AvgIpc) is 2.16. The normalized spacial score (nSPS) is 12.3. The highest BCUT2D eigenvalue weighted by molar-refractivity contribution is 6.35. The monoisotopic (exact) mass is 246 g/mol. The molecule has 1 aromatic rings. The van der Waals surface area contributed by atoms with Crippen molar-refractivity contribution < 1.29 is 4.79 Å². The Labute approximate surface area is 98.5 Å². The van der Waals surface area contributed by atoms with Crippen LogP contribution >= 0.6 is 23.2 Å². The van der Waals surface area contributed by atoms with E-state index in [0.717, 1.165) is 0 Å². The molecule has 0 fully saturated rings. The van der Waals surface area contributed by atoms with Crippen LogP contribution in [0.4, 0.5) is 0 Å². The van der Waals surface area contributed by atoms with Gasteiger partial charge in [0.25, 0.3) is 5.91 Å². The van der Waals surface area contributed by atoms with Crippen molar-refractivity contribution in [3.63, 3.8) is 0 Å². The van der Waals surface area contributed by atoms with E-state index in [9.17, 15) is 4.79 Å². The summed E-state index contributed by atoms with van der Waals surface area (Å²) >= 11 is 11.6. The highest BCUT2D eigenvalue weighted by Gasteiger charge is 2.09. The van der Waals surface area contributed by atoms with Crippen molar-refractivity contribution in [2.75, 3.05) is 6.54 Å². The lowest BCUT2D eigenvalue weighted by atomic mass is 10.2. The molecule has 0 saturated carbocycles. The summed E-state index contributed by atoms with van der Waals surface area (Å²) in [6.45, 7) is 2.21. The van der Waals surface area contributed by atoms with Gasteiger partial charge in [0.05, 0.1) is 0 Å². The van der Waals surface area contributed by atoms with Crippen molar-refractivity contribution in [2.24, 2.45) is 5.73 Å². The number of rotatable bonds is 3. The van der Waals surface area contributed by atoms with E-state index >= 15 is 0 Å². The second kappa shape index (κ2) is 5.35. The molecule has 0 bridgehead atoms. The van der Waals surface area contributed by atoms with Crippen LogP contribution in [0, 0.1) is 0 Å². The van der Waals surface area contributed by atoms with E-state index in [1.54, 1.807) is 18.2 Å². The Morgan fingerprint density at radius 1 is 1.40 bits per heavy atom. The van der Waals surface area contributed by atoms with E-state index in [4.69, 9.17) is 28.9 Å². The summed E-state index contributed by atoms with van der Waals surface area (Å²) in [5.74, 6) is -0.225.